The van der Waals surface area contributed by atoms with Crippen molar-refractivity contribution in [1.29, 1.82) is 0 Å². The van der Waals surface area contributed by atoms with Crippen molar-refractivity contribution in [2.45, 2.75) is 45.7 Å². The van der Waals surface area contributed by atoms with Crippen LogP contribution in [0.2, 0.25) is 0 Å². The molecule has 16 heavy (non-hydrogen) atoms. The van der Waals surface area contributed by atoms with Crippen molar-refractivity contribution in [3.63, 3.8) is 0 Å². The SMILES string of the molecule is CCc1ccc(CNC(=O)CCC(C)N)s1. The Morgan fingerprint density at radius 1 is 1.50 bits per heavy atom. The summed E-state index contributed by atoms with van der Waals surface area (Å²) in [4.78, 5) is 14.0. The zero-order valence-electron chi connectivity index (χ0n) is 9.95. The molecule has 1 amide bonds. The van der Waals surface area contributed by atoms with Gasteiger partial charge in [0.1, 0.15) is 0 Å². The van der Waals surface area contributed by atoms with Gasteiger partial charge in [-0.25, -0.2) is 0 Å². The summed E-state index contributed by atoms with van der Waals surface area (Å²) in [5, 5.41) is 2.91. The summed E-state index contributed by atoms with van der Waals surface area (Å²) in [5.74, 6) is 0.0868. The van der Waals surface area contributed by atoms with Crippen LogP contribution in [0.1, 0.15) is 36.4 Å². The lowest BCUT2D eigenvalue weighted by molar-refractivity contribution is -0.121. The molecule has 0 aliphatic carbocycles. The number of hydrogen-bond donors (Lipinski definition) is 2. The van der Waals surface area contributed by atoms with Gasteiger partial charge >= 0.3 is 0 Å². The summed E-state index contributed by atoms with van der Waals surface area (Å²) in [6, 6.07) is 4.29. The number of rotatable bonds is 6. The standard InChI is InChI=1S/C12H20N2OS/c1-3-10-5-6-11(16-10)8-14-12(15)7-4-9(2)13/h5-6,9H,3-4,7-8,13H2,1-2H3,(H,14,15). The fraction of sp³-hybridized carbons (Fsp3) is 0.583. The second-order valence-corrected chi connectivity index (χ2v) is 5.27. The van der Waals surface area contributed by atoms with Gasteiger partial charge in [0, 0.05) is 22.2 Å². The minimum atomic E-state index is 0.0868. The van der Waals surface area contributed by atoms with Crippen molar-refractivity contribution in [2.75, 3.05) is 0 Å². The van der Waals surface area contributed by atoms with E-state index in [-0.39, 0.29) is 11.9 Å². The highest BCUT2D eigenvalue weighted by Gasteiger charge is 2.04. The molecule has 4 heteroatoms. The maximum atomic E-state index is 11.4. The van der Waals surface area contributed by atoms with E-state index >= 15 is 0 Å². The average Bonchev–Trinajstić information content (AvgIpc) is 2.71. The third-order valence-electron chi connectivity index (χ3n) is 2.35. The first-order valence-electron chi connectivity index (χ1n) is 5.71. The number of carbonyl (C=O) groups is 1. The zero-order valence-corrected chi connectivity index (χ0v) is 10.8. The first-order valence-corrected chi connectivity index (χ1v) is 6.53. The molecular formula is C12H20N2OS. The summed E-state index contributed by atoms with van der Waals surface area (Å²) in [6.45, 7) is 4.69. The highest BCUT2D eigenvalue weighted by atomic mass is 32.1. The molecule has 0 aliphatic rings. The van der Waals surface area contributed by atoms with Gasteiger partial charge < -0.3 is 11.1 Å². The maximum Gasteiger partial charge on any atom is 0.220 e. The highest BCUT2D eigenvalue weighted by molar-refractivity contribution is 7.11. The maximum absolute atomic E-state index is 11.4. The molecule has 1 aromatic heterocycles. The minimum absolute atomic E-state index is 0.0868. The quantitative estimate of drug-likeness (QED) is 0.799. The monoisotopic (exact) mass is 240 g/mol. The van der Waals surface area contributed by atoms with Gasteiger partial charge in [0.25, 0.3) is 0 Å². The van der Waals surface area contributed by atoms with Crippen LogP contribution in [0.3, 0.4) is 0 Å². The molecule has 0 aliphatic heterocycles. The Kier molecular flexibility index (Phi) is 5.49. The number of carbonyl (C=O) groups excluding carboxylic acids is 1. The van der Waals surface area contributed by atoms with Crippen LogP contribution >= 0.6 is 11.3 Å². The molecule has 1 heterocycles. The third-order valence-corrected chi connectivity index (χ3v) is 3.58. The van der Waals surface area contributed by atoms with Crippen molar-refractivity contribution >= 4 is 17.2 Å². The van der Waals surface area contributed by atoms with Crippen molar-refractivity contribution in [1.82, 2.24) is 5.32 Å². The summed E-state index contributed by atoms with van der Waals surface area (Å²) in [6.07, 6.45) is 2.32. The van der Waals surface area contributed by atoms with Gasteiger partial charge in [-0.3, -0.25) is 4.79 Å². The number of nitrogens with one attached hydrogen (secondary N) is 1. The number of nitrogens with two attached hydrogens (primary N) is 1. The van der Waals surface area contributed by atoms with Crippen molar-refractivity contribution < 1.29 is 4.79 Å². The Balaban J connectivity index is 2.26. The van der Waals surface area contributed by atoms with Crippen LogP contribution in [-0.4, -0.2) is 11.9 Å². The van der Waals surface area contributed by atoms with Gasteiger partial charge in [-0.15, -0.1) is 11.3 Å². The van der Waals surface area contributed by atoms with Gasteiger partial charge in [-0.05, 0) is 31.9 Å². The Bertz CT molecular complexity index is 334. The van der Waals surface area contributed by atoms with Gasteiger partial charge in [-0.1, -0.05) is 6.92 Å². The smallest absolute Gasteiger partial charge is 0.220 e. The second-order valence-electron chi connectivity index (χ2n) is 4.01. The summed E-state index contributed by atoms with van der Waals surface area (Å²) in [7, 11) is 0. The van der Waals surface area contributed by atoms with Crippen LogP contribution in [0.5, 0.6) is 0 Å². The van der Waals surface area contributed by atoms with Gasteiger partial charge in [0.15, 0.2) is 0 Å². The molecule has 3 N–H and O–H groups in total. The third kappa shape index (κ3) is 4.77. The van der Waals surface area contributed by atoms with E-state index in [1.807, 2.05) is 6.92 Å². The van der Waals surface area contributed by atoms with Crippen LogP contribution in [0, 0.1) is 0 Å². The molecule has 0 saturated carbocycles. The number of aryl methyl sites for hydroxylation is 1. The predicted octanol–water partition coefficient (Wildman–Crippen LogP) is 2.05. The first kappa shape index (κ1) is 13.2. The molecule has 3 nitrogen and oxygen atoms in total. The van der Waals surface area contributed by atoms with Crippen LogP contribution in [0.4, 0.5) is 0 Å². The fourth-order valence-electron chi connectivity index (χ4n) is 1.34. The lowest BCUT2D eigenvalue weighted by atomic mass is 10.2. The van der Waals surface area contributed by atoms with E-state index in [1.54, 1.807) is 11.3 Å². The highest BCUT2D eigenvalue weighted by Crippen LogP contribution is 2.16. The molecule has 0 radical (unpaired) electrons. The Morgan fingerprint density at radius 3 is 2.75 bits per heavy atom. The van der Waals surface area contributed by atoms with Crippen molar-refractivity contribution in [3.8, 4) is 0 Å². The molecule has 1 atom stereocenters. The van der Waals surface area contributed by atoms with E-state index in [1.165, 1.54) is 9.75 Å². The number of thiophene rings is 1. The summed E-state index contributed by atoms with van der Waals surface area (Å²) < 4.78 is 0. The molecule has 0 spiro atoms. The molecule has 0 bridgehead atoms. The first-order chi connectivity index (χ1) is 7.61. The van der Waals surface area contributed by atoms with E-state index in [0.29, 0.717) is 13.0 Å². The Hall–Kier alpha value is -0.870. The van der Waals surface area contributed by atoms with Gasteiger partial charge in [-0.2, -0.15) is 0 Å². The number of amides is 1. The topological polar surface area (TPSA) is 55.1 Å². The fourth-order valence-corrected chi connectivity index (χ4v) is 2.24. The molecule has 1 rings (SSSR count). The largest absolute Gasteiger partial charge is 0.351 e. The van der Waals surface area contributed by atoms with E-state index in [9.17, 15) is 4.79 Å². The molecule has 0 saturated heterocycles. The van der Waals surface area contributed by atoms with Crippen LogP contribution in [-0.2, 0) is 17.8 Å². The molecule has 1 aromatic rings. The molecule has 90 valence electrons. The average molecular weight is 240 g/mol. The zero-order chi connectivity index (χ0) is 12.0. The lowest BCUT2D eigenvalue weighted by Crippen LogP contribution is -2.25. The van der Waals surface area contributed by atoms with E-state index in [0.717, 1.165) is 12.8 Å². The Morgan fingerprint density at radius 2 is 2.19 bits per heavy atom. The van der Waals surface area contributed by atoms with Crippen molar-refractivity contribution in [2.24, 2.45) is 5.73 Å². The Labute approximate surface area is 101 Å². The second kappa shape index (κ2) is 6.66. The molecule has 0 aromatic carbocycles. The number of hydrogen-bond acceptors (Lipinski definition) is 3. The molecular weight excluding hydrogens is 220 g/mol. The molecule has 0 fully saturated rings. The lowest BCUT2D eigenvalue weighted by Gasteiger charge is -2.05. The minimum Gasteiger partial charge on any atom is -0.351 e. The van der Waals surface area contributed by atoms with Gasteiger partial charge in [0.2, 0.25) is 5.91 Å². The summed E-state index contributed by atoms with van der Waals surface area (Å²) in [5.41, 5.74) is 5.59. The normalized spacial score (nSPS) is 12.4. The molecule has 1 unspecified atom stereocenters. The predicted molar refractivity (Wildman–Crippen MR) is 68.4 cm³/mol. The van der Waals surface area contributed by atoms with Crippen molar-refractivity contribution in [3.05, 3.63) is 21.9 Å². The van der Waals surface area contributed by atoms with Crippen LogP contribution < -0.4 is 11.1 Å². The van der Waals surface area contributed by atoms with E-state index in [2.05, 4.69) is 24.4 Å². The van der Waals surface area contributed by atoms with Crippen LogP contribution in [0.25, 0.3) is 0 Å². The van der Waals surface area contributed by atoms with Crippen LogP contribution in [0.15, 0.2) is 12.1 Å². The summed E-state index contributed by atoms with van der Waals surface area (Å²) >= 11 is 1.76. The van der Waals surface area contributed by atoms with Gasteiger partial charge in [0.05, 0.1) is 6.54 Å². The van der Waals surface area contributed by atoms with E-state index in [4.69, 9.17) is 5.73 Å². The van der Waals surface area contributed by atoms with E-state index < -0.39 is 0 Å².